The van der Waals surface area contributed by atoms with Gasteiger partial charge in [-0.15, -0.1) is 0 Å². The maximum Gasteiger partial charge on any atom is 0.261 e. The molecule has 0 bridgehead atoms. The fourth-order valence-corrected chi connectivity index (χ4v) is 3.52. The smallest absolute Gasteiger partial charge is 0.261 e. The van der Waals surface area contributed by atoms with Gasteiger partial charge in [-0.2, -0.15) is 5.10 Å². The normalized spacial score (nSPS) is 15.3. The summed E-state index contributed by atoms with van der Waals surface area (Å²) in [6, 6.07) is 7.62. The van der Waals surface area contributed by atoms with Gasteiger partial charge in [0.2, 0.25) is 0 Å². The van der Waals surface area contributed by atoms with E-state index in [-0.39, 0.29) is 5.56 Å². The molecule has 0 saturated heterocycles. The van der Waals surface area contributed by atoms with Crippen LogP contribution >= 0.6 is 0 Å². The first-order valence-electron chi connectivity index (χ1n) is 8.89. The van der Waals surface area contributed by atoms with Crippen molar-refractivity contribution in [3.05, 3.63) is 57.9 Å². The van der Waals surface area contributed by atoms with Crippen LogP contribution in [0, 0.1) is 6.92 Å². The molecule has 0 N–H and O–H groups in total. The van der Waals surface area contributed by atoms with E-state index in [0.29, 0.717) is 11.9 Å². The molecule has 1 aliphatic heterocycles. The van der Waals surface area contributed by atoms with Gasteiger partial charge in [-0.3, -0.25) is 18.9 Å². The summed E-state index contributed by atoms with van der Waals surface area (Å²) >= 11 is 0. The summed E-state index contributed by atoms with van der Waals surface area (Å²) in [7, 11) is 0. The molecular formula is C19H23N5O. The molecule has 6 heteroatoms. The van der Waals surface area contributed by atoms with Gasteiger partial charge in [0, 0.05) is 50.9 Å². The lowest BCUT2D eigenvalue weighted by Gasteiger charge is -2.18. The summed E-state index contributed by atoms with van der Waals surface area (Å²) in [5.74, 6) is 0.896. The highest BCUT2D eigenvalue weighted by atomic mass is 16.1. The summed E-state index contributed by atoms with van der Waals surface area (Å²) in [5.41, 5.74) is 3.23. The summed E-state index contributed by atoms with van der Waals surface area (Å²) in [6.45, 7) is 8.36. The predicted octanol–water partition coefficient (Wildman–Crippen LogP) is 1.98. The van der Waals surface area contributed by atoms with Crippen LogP contribution in [0.1, 0.15) is 24.0 Å². The Morgan fingerprint density at radius 3 is 2.80 bits per heavy atom. The predicted molar refractivity (Wildman–Crippen MR) is 97.6 cm³/mol. The third-order valence-corrected chi connectivity index (χ3v) is 5.00. The van der Waals surface area contributed by atoms with Crippen LogP contribution in [0.15, 0.2) is 35.3 Å². The molecule has 0 unspecified atom stereocenters. The molecule has 4 rings (SSSR count). The number of benzene rings is 1. The van der Waals surface area contributed by atoms with E-state index in [0.717, 1.165) is 49.6 Å². The maximum absolute atomic E-state index is 12.8. The Kier molecular flexibility index (Phi) is 4.13. The van der Waals surface area contributed by atoms with Gasteiger partial charge in [0.25, 0.3) is 5.56 Å². The second-order valence-electron chi connectivity index (χ2n) is 6.62. The Labute approximate surface area is 146 Å². The highest BCUT2D eigenvalue weighted by Gasteiger charge is 2.18. The molecule has 0 aliphatic carbocycles. The van der Waals surface area contributed by atoms with Gasteiger partial charge >= 0.3 is 0 Å². The van der Waals surface area contributed by atoms with E-state index < -0.39 is 0 Å². The minimum absolute atomic E-state index is 0.0810. The minimum atomic E-state index is 0.0810. The van der Waals surface area contributed by atoms with Crippen molar-refractivity contribution in [2.75, 3.05) is 13.1 Å². The highest BCUT2D eigenvalue weighted by molar-refractivity contribution is 5.77. The molecule has 0 amide bonds. The largest absolute Gasteiger partial charge is 0.297 e. The Balaban J connectivity index is 1.59. The summed E-state index contributed by atoms with van der Waals surface area (Å²) < 4.78 is 3.83. The van der Waals surface area contributed by atoms with Gasteiger partial charge in [0.15, 0.2) is 0 Å². The maximum atomic E-state index is 12.8. The van der Waals surface area contributed by atoms with Crippen LogP contribution in [-0.4, -0.2) is 37.3 Å². The Morgan fingerprint density at radius 2 is 2.00 bits per heavy atom. The zero-order chi connectivity index (χ0) is 17.4. The van der Waals surface area contributed by atoms with E-state index in [9.17, 15) is 4.79 Å². The van der Waals surface area contributed by atoms with Crippen LogP contribution in [-0.2, 0) is 26.1 Å². The first-order valence-corrected chi connectivity index (χ1v) is 8.89. The molecular weight excluding hydrogens is 314 g/mol. The number of aromatic nitrogens is 4. The van der Waals surface area contributed by atoms with Crippen molar-refractivity contribution in [3.8, 4) is 0 Å². The molecule has 0 spiro atoms. The minimum Gasteiger partial charge on any atom is -0.297 e. The molecule has 0 fully saturated rings. The fraction of sp³-hybridized carbons (Fsp3) is 0.421. The highest BCUT2D eigenvalue weighted by Crippen LogP contribution is 2.14. The first kappa shape index (κ1) is 16.0. The van der Waals surface area contributed by atoms with Gasteiger partial charge in [-0.1, -0.05) is 12.1 Å². The first-order chi connectivity index (χ1) is 12.2. The van der Waals surface area contributed by atoms with Crippen LogP contribution in [0.4, 0.5) is 0 Å². The van der Waals surface area contributed by atoms with Crippen molar-refractivity contribution >= 4 is 10.9 Å². The molecule has 0 radical (unpaired) electrons. The number of para-hydroxylation sites is 1. The monoisotopic (exact) mass is 337 g/mol. The Hall–Kier alpha value is -2.47. The van der Waals surface area contributed by atoms with Gasteiger partial charge in [-0.25, -0.2) is 4.98 Å². The van der Waals surface area contributed by atoms with Crippen molar-refractivity contribution in [3.63, 3.8) is 0 Å². The molecule has 0 saturated carbocycles. The van der Waals surface area contributed by atoms with Crippen molar-refractivity contribution in [2.45, 2.75) is 39.9 Å². The number of fused-ring (bicyclic) bond motifs is 2. The van der Waals surface area contributed by atoms with Crippen molar-refractivity contribution < 1.29 is 0 Å². The van der Waals surface area contributed by atoms with Crippen LogP contribution < -0.4 is 5.56 Å². The molecule has 1 aromatic carbocycles. The van der Waals surface area contributed by atoms with Crippen LogP contribution in [0.3, 0.4) is 0 Å². The van der Waals surface area contributed by atoms with Crippen molar-refractivity contribution in [1.29, 1.82) is 0 Å². The zero-order valence-electron chi connectivity index (χ0n) is 14.8. The summed E-state index contributed by atoms with van der Waals surface area (Å²) in [4.78, 5) is 19.9. The number of hydrogen-bond donors (Lipinski definition) is 0. The average Bonchev–Trinajstić information content (AvgIpc) is 2.85. The zero-order valence-corrected chi connectivity index (χ0v) is 14.8. The summed E-state index contributed by atoms with van der Waals surface area (Å²) in [6.07, 6.45) is 2.92. The van der Waals surface area contributed by atoms with Crippen LogP contribution in [0.5, 0.6) is 0 Å². The molecule has 2 aromatic heterocycles. The lowest BCUT2D eigenvalue weighted by molar-refractivity contribution is 0.270. The van der Waals surface area contributed by atoms with Crippen LogP contribution in [0.2, 0.25) is 0 Å². The van der Waals surface area contributed by atoms with Gasteiger partial charge in [0.1, 0.15) is 5.82 Å². The van der Waals surface area contributed by atoms with Gasteiger partial charge in [-0.05, 0) is 26.0 Å². The van der Waals surface area contributed by atoms with E-state index >= 15 is 0 Å². The SMILES string of the molecule is CCn1cc(CN2CCc3nc4ccccc4c(=O)n3CC2)c(C)n1. The van der Waals surface area contributed by atoms with E-state index in [4.69, 9.17) is 4.98 Å². The van der Waals surface area contributed by atoms with Crippen LogP contribution in [0.25, 0.3) is 10.9 Å². The standard InChI is InChI=1S/C19H23N5O/c1-3-23-13-15(14(2)21-23)12-22-9-8-18-20-17-7-5-4-6-16(17)19(25)24(18)11-10-22/h4-7,13H,3,8-12H2,1-2H3. The Morgan fingerprint density at radius 1 is 1.16 bits per heavy atom. The molecule has 3 aromatic rings. The number of aryl methyl sites for hydroxylation is 2. The quantitative estimate of drug-likeness (QED) is 0.733. The second-order valence-corrected chi connectivity index (χ2v) is 6.62. The van der Waals surface area contributed by atoms with E-state index in [1.807, 2.05) is 33.5 Å². The number of rotatable bonds is 3. The topological polar surface area (TPSA) is 56.0 Å². The molecule has 130 valence electrons. The second kappa shape index (κ2) is 6.44. The molecule has 6 nitrogen and oxygen atoms in total. The summed E-state index contributed by atoms with van der Waals surface area (Å²) in [5, 5.41) is 5.24. The Bertz CT molecular complexity index is 972. The fourth-order valence-electron chi connectivity index (χ4n) is 3.52. The average molecular weight is 337 g/mol. The molecule has 0 atom stereocenters. The lowest BCUT2D eigenvalue weighted by Crippen LogP contribution is -2.28. The van der Waals surface area contributed by atoms with E-state index in [2.05, 4.69) is 30.0 Å². The van der Waals surface area contributed by atoms with E-state index in [1.54, 1.807) is 0 Å². The van der Waals surface area contributed by atoms with Gasteiger partial charge in [0.05, 0.1) is 16.6 Å². The van der Waals surface area contributed by atoms with E-state index in [1.165, 1.54) is 5.56 Å². The molecule has 3 heterocycles. The number of hydrogen-bond acceptors (Lipinski definition) is 4. The van der Waals surface area contributed by atoms with Crippen molar-refractivity contribution in [1.82, 2.24) is 24.2 Å². The number of nitrogens with zero attached hydrogens (tertiary/aromatic N) is 5. The third-order valence-electron chi connectivity index (χ3n) is 5.00. The molecule has 1 aliphatic rings. The van der Waals surface area contributed by atoms with Gasteiger partial charge < -0.3 is 0 Å². The third kappa shape index (κ3) is 2.98. The molecule has 25 heavy (non-hydrogen) atoms. The lowest BCUT2D eigenvalue weighted by atomic mass is 10.2. The van der Waals surface area contributed by atoms with Crippen molar-refractivity contribution in [2.24, 2.45) is 0 Å².